The van der Waals surface area contributed by atoms with Gasteiger partial charge in [-0.25, -0.2) is 0 Å². The summed E-state index contributed by atoms with van der Waals surface area (Å²) in [4.78, 5) is 13.7. The molecule has 1 aliphatic heterocycles. The van der Waals surface area contributed by atoms with Crippen LogP contribution in [0.15, 0.2) is 12.3 Å². The molecule has 2 N–H and O–H groups in total. The van der Waals surface area contributed by atoms with Crippen LogP contribution in [-0.4, -0.2) is 47.7 Å². The van der Waals surface area contributed by atoms with Crippen LogP contribution in [0.2, 0.25) is 0 Å². The van der Waals surface area contributed by atoms with Crippen LogP contribution in [0.1, 0.15) is 23.3 Å². The van der Waals surface area contributed by atoms with E-state index in [2.05, 4.69) is 15.5 Å². The summed E-state index contributed by atoms with van der Waals surface area (Å²) >= 11 is 0. The van der Waals surface area contributed by atoms with Crippen LogP contribution in [0.25, 0.3) is 0 Å². The highest BCUT2D eigenvalue weighted by molar-refractivity contribution is 5.91. The molecule has 2 heterocycles. The first-order chi connectivity index (χ1) is 7.77. The topological polar surface area (TPSA) is 61.0 Å². The molecule has 5 heteroatoms. The van der Waals surface area contributed by atoms with Crippen LogP contribution in [0.4, 0.5) is 0 Å². The number of rotatable bonds is 3. The van der Waals surface area contributed by atoms with Crippen molar-refractivity contribution in [1.82, 2.24) is 20.4 Å². The molecule has 1 aromatic heterocycles. The maximum atomic E-state index is 11.9. The van der Waals surface area contributed by atoms with E-state index in [4.69, 9.17) is 0 Å². The molecule has 5 nitrogen and oxygen atoms in total. The predicted molar refractivity (Wildman–Crippen MR) is 61.1 cm³/mol. The third-order valence-electron chi connectivity index (χ3n) is 3.01. The van der Waals surface area contributed by atoms with Gasteiger partial charge in [0.25, 0.3) is 5.91 Å². The number of hydrogen-bond donors (Lipinski definition) is 2. The number of H-pyrrole nitrogens is 1. The van der Waals surface area contributed by atoms with E-state index in [-0.39, 0.29) is 5.91 Å². The fraction of sp³-hybridized carbons (Fsp3) is 0.636. The van der Waals surface area contributed by atoms with Crippen LogP contribution in [-0.2, 0) is 0 Å². The van der Waals surface area contributed by atoms with Gasteiger partial charge in [-0.1, -0.05) is 0 Å². The van der Waals surface area contributed by atoms with Crippen molar-refractivity contribution in [3.05, 3.63) is 18.0 Å². The number of piperidine rings is 1. The molecule has 1 amide bonds. The highest BCUT2D eigenvalue weighted by Gasteiger charge is 2.19. The highest BCUT2D eigenvalue weighted by Crippen LogP contribution is 2.12. The summed E-state index contributed by atoms with van der Waals surface area (Å²) in [7, 11) is 1.85. The molecule has 1 aliphatic rings. The molecule has 0 aromatic carbocycles. The lowest BCUT2D eigenvalue weighted by Gasteiger charge is -2.27. The van der Waals surface area contributed by atoms with Gasteiger partial charge in [-0.15, -0.1) is 0 Å². The number of aromatic amines is 1. The Morgan fingerprint density at radius 2 is 2.56 bits per heavy atom. The molecule has 0 saturated carbocycles. The van der Waals surface area contributed by atoms with Crippen molar-refractivity contribution < 1.29 is 4.79 Å². The van der Waals surface area contributed by atoms with Crippen molar-refractivity contribution in [2.75, 3.05) is 26.7 Å². The van der Waals surface area contributed by atoms with E-state index in [1.807, 2.05) is 7.05 Å². The van der Waals surface area contributed by atoms with Gasteiger partial charge in [-0.3, -0.25) is 9.89 Å². The van der Waals surface area contributed by atoms with Crippen molar-refractivity contribution in [3.63, 3.8) is 0 Å². The fourth-order valence-electron chi connectivity index (χ4n) is 2.13. The Balaban J connectivity index is 1.87. The van der Waals surface area contributed by atoms with Gasteiger partial charge in [-0.2, -0.15) is 5.10 Å². The quantitative estimate of drug-likeness (QED) is 0.782. The van der Waals surface area contributed by atoms with Crippen LogP contribution >= 0.6 is 0 Å². The molecule has 1 aromatic rings. The molecule has 0 spiro atoms. The fourth-order valence-corrected chi connectivity index (χ4v) is 2.13. The second kappa shape index (κ2) is 5.12. The molecule has 0 aliphatic carbocycles. The van der Waals surface area contributed by atoms with Gasteiger partial charge in [0.05, 0.1) is 0 Å². The minimum absolute atomic E-state index is 0.0167. The largest absolute Gasteiger partial charge is 0.340 e. The zero-order valence-electron chi connectivity index (χ0n) is 9.57. The van der Waals surface area contributed by atoms with Gasteiger partial charge in [0, 0.05) is 19.8 Å². The maximum Gasteiger partial charge on any atom is 0.271 e. The van der Waals surface area contributed by atoms with E-state index in [1.54, 1.807) is 17.2 Å². The zero-order chi connectivity index (χ0) is 11.4. The number of hydrogen-bond acceptors (Lipinski definition) is 3. The summed E-state index contributed by atoms with van der Waals surface area (Å²) in [6.07, 6.45) is 4.01. The number of nitrogens with one attached hydrogen (secondary N) is 2. The summed E-state index contributed by atoms with van der Waals surface area (Å²) in [6, 6.07) is 1.71. The molecule has 16 heavy (non-hydrogen) atoms. The van der Waals surface area contributed by atoms with E-state index in [0.29, 0.717) is 11.6 Å². The second-order valence-electron chi connectivity index (χ2n) is 4.37. The number of carbonyl (C=O) groups excluding carboxylic acids is 1. The van der Waals surface area contributed by atoms with E-state index >= 15 is 0 Å². The first kappa shape index (κ1) is 11.1. The first-order valence-electron chi connectivity index (χ1n) is 5.73. The molecule has 88 valence electrons. The lowest BCUT2D eigenvalue weighted by Crippen LogP contribution is -2.39. The van der Waals surface area contributed by atoms with Crippen LogP contribution < -0.4 is 5.32 Å². The maximum absolute atomic E-state index is 11.9. The third-order valence-corrected chi connectivity index (χ3v) is 3.01. The van der Waals surface area contributed by atoms with Crippen molar-refractivity contribution in [3.8, 4) is 0 Å². The Bertz CT molecular complexity index is 330. The highest BCUT2D eigenvalue weighted by atomic mass is 16.2. The van der Waals surface area contributed by atoms with E-state index in [0.717, 1.165) is 19.6 Å². The Hall–Kier alpha value is -1.36. The second-order valence-corrected chi connectivity index (χ2v) is 4.37. The average molecular weight is 222 g/mol. The Kier molecular flexibility index (Phi) is 3.56. The number of amides is 1. The van der Waals surface area contributed by atoms with Crippen molar-refractivity contribution in [1.29, 1.82) is 0 Å². The van der Waals surface area contributed by atoms with Gasteiger partial charge in [0.15, 0.2) is 0 Å². The SMILES string of the molecule is CN(CC1CCCNC1)C(=O)c1ccn[nH]1. The van der Waals surface area contributed by atoms with Gasteiger partial charge in [0.1, 0.15) is 5.69 Å². The van der Waals surface area contributed by atoms with Crippen LogP contribution in [0, 0.1) is 5.92 Å². The predicted octanol–water partition coefficient (Wildman–Crippen LogP) is 0.481. The number of nitrogens with zero attached hydrogens (tertiary/aromatic N) is 2. The minimum Gasteiger partial charge on any atom is -0.340 e. The standard InChI is InChI=1S/C11H18N4O/c1-15(8-9-3-2-5-12-7-9)11(16)10-4-6-13-14-10/h4,6,9,12H,2-3,5,7-8H2,1H3,(H,13,14). The molecular formula is C11H18N4O. The number of aromatic nitrogens is 2. The Morgan fingerprint density at radius 1 is 1.69 bits per heavy atom. The normalized spacial score (nSPS) is 20.7. The molecule has 1 saturated heterocycles. The molecular weight excluding hydrogens is 204 g/mol. The monoisotopic (exact) mass is 222 g/mol. The summed E-state index contributed by atoms with van der Waals surface area (Å²) in [5.74, 6) is 0.591. The van der Waals surface area contributed by atoms with E-state index < -0.39 is 0 Å². The average Bonchev–Trinajstić information content (AvgIpc) is 2.83. The van der Waals surface area contributed by atoms with Crippen LogP contribution in [0.5, 0.6) is 0 Å². The smallest absolute Gasteiger partial charge is 0.271 e. The first-order valence-corrected chi connectivity index (χ1v) is 5.73. The minimum atomic E-state index is 0.0167. The molecule has 1 unspecified atom stereocenters. The van der Waals surface area contributed by atoms with Crippen molar-refractivity contribution in [2.45, 2.75) is 12.8 Å². The lowest BCUT2D eigenvalue weighted by molar-refractivity contribution is 0.0759. The molecule has 0 radical (unpaired) electrons. The van der Waals surface area contributed by atoms with E-state index in [1.165, 1.54) is 12.8 Å². The molecule has 1 atom stereocenters. The summed E-state index contributed by atoms with van der Waals surface area (Å²) in [6.45, 7) is 2.93. The number of carbonyl (C=O) groups is 1. The third kappa shape index (κ3) is 2.61. The summed E-state index contributed by atoms with van der Waals surface area (Å²) < 4.78 is 0. The molecule has 0 bridgehead atoms. The Labute approximate surface area is 95.2 Å². The van der Waals surface area contributed by atoms with Gasteiger partial charge < -0.3 is 10.2 Å². The Morgan fingerprint density at radius 3 is 3.19 bits per heavy atom. The van der Waals surface area contributed by atoms with Gasteiger partial charge >= 0.3 is 0 Å². The van der Waals surface area contributed by atoms with Crippen molar-refractivity contribution in [2.24, 2.45) is 5.92 Å². The van der Waals surface area contributed by atoms with Gasteiger partial charge in [0.2, 0.25) is 0 Å². The lowest BCUT2D eigenvalue weighted by atomic mass is 9.99. The molecule has 2 rings (SSSR count). The molecule has 1 fully saturated rings. The van der Waals surface area contributed by atoms with Crippen molar-refractivity contribution >= 4 is 5.91 Å². The van der Waals surface area contributed by atoms with Crippen LogP contribution in [0.3, 0.4) is 0 Å². The summed E-state index contributed by atoms with van der Waals surface area (Å²) in [5.41, 5.74) is 0.561. The summed E-state index contributed by atoms with van der Waals surface area (Å²) in [5, 5.41) is 9.84. The van der Waals surface area contributed by atoms with E-state index in [9.17, 15) is 4.79 Å². The zero-order valence-corrected chi connectivity index (χ0v) is 9.57. The van der Waals surface area contributed by atoms with Gasteiger partial charge in [-0.05, 0) is 37.9 Å².